The maximum Gasteiger partial charge on any atom is 0.104 e. The minimum Gasteiger partial charge on any atom is -0.328 e. The maximum absolute atomic E-state index is 6.03. The largest absolute Gasteiger partial charge is 0.328 e. The smallest absolute Gasteiger partial charge is 0.104 e. The van der Waals surface area contributed by atoms with Gasteiger partial charge in [-0.3, -0.25) is 0 Å². The second-order valence-electron chi connectivity index (χ2n) is 3.92. The molecule has 1 aliphatic heterocycles. The summed E-state index contributed by atoms with van der Waals surface area (Å²) in [5, 5.41) is 0.800. The molecule has 0 atom stereocenters. The summed E-state index contributed by atoms with van der Waals surface area (Å²) in [4.78, 5) is 3.47. The van der Waals surface area contributed by atoms with Crippen molar-refractivity contribution in [1.29, 1.82) is 0 Å². The van der Waals surface area contributed by atoms with Gasteiger partial charge in [-0.25, -0.2) is 4.40 Å². The molecule has 1 aromatic carbocycles. The van der Waals surface area contributed by atoms with Crippen LogP contribution in [0.4, 0.5) is 5.69 Å². The van der Waals surface area contributed by atoms with Crippen LogP contribution < -0.4 is 4.90 Å². The zero-order chi connectivity index (χ0) is 10.3. The molecule has 2 aliphatic rings. The number of halogens is 1. The fraction of sp³-hybridized carbons (Fsp3) is 0.364. The lowest BCUT2D eigenvalue weighted by Gasteiger charge is -2.38. The quantitative estimate of drug-likeness (QED) is 0.693. The molecule has 0 aromatic heterocycles. The van der Waals surface area contributed by atoms with Crippen molar-refractivity contribution in [1.82, 2.24) is 0 Å². The van der Waals surface area contributed by atoms with Crippen molar-refractivity contribution in [3.05, 3.63) is 23.2 Å². The highest BCUT2D eigenvalue weighted by molar-refractivity contribution is 7.98. The molecule has 0 radical (unpaired) electrons. The molecule has 15 heavy (non-hydrogen) atoms. The third-order valence-electron chi connectivity index (χ3n) is 2.99. The Morgan fingerprint density at radius 1 is 1.40 bits per heavy atom. The van der Waals surface area contributed by atoms with E-state index >= 15 is 0 Å². The van der Waals surface area contributed by atoms with Gasteiger partial charge in [0.05, 0.1) is 10.6 Å². The molecule has 0 saturated heterocycles. The molecule has 0 amide bonds. The molecule has 78 valence electrons. The summed E-state index contributed by atoms with van der Waals surface area (Å²) >= 11 is 7.55. The zero-order valence-electron chi connectivity index (χ0n) is 8.19. The Morgan fingerprint density at radius 3 is 3.00 bits per heavy atom. The van der Waals surface area contributed by atoms with Crippen LogP contribution in [0.1, 0.15) is 19.3 Å². The van der Waals surface area contributed by atoms with E-state index in [1.54, 1.807) is 0 Å². The maximum atomic E-state index is 6.03. The molecule has 2 nitrogen and oxygen atoms in total. The van der Waals surface area contributed by atoms with Crippen LogP contribution in [-0.4, -0.2) is 12.4 Å². The molecule has 1 aromatic rings. The van der Waals surface area contributed by atoms with Crippen LogP contribution in [0.5, 0.6) is 0 Å². The van der Waals surface area contributed by atoms with Crippen LogP contribution in [0.15, 0.2) is 27.5 Å². The number of benzene rings is 1. The number of rotatable bonds is 1. The number of fused-ring (bicyclic) bond motifs is 1. The second-order valence-corrected chi connectivity index (χ2v) is 5.19. The lowest BCUT2D eigenvalue weighted by Crippen LogP contribution is -2.40. The van der Waals surface area contributed by atoms with Gasteiger partial charge in [0, 0.05) is 23.0 Å². The predicted molar refractivity (Wildman–Crippen MR) is 65.9 cm³/mol. The van der Waals surface area contributed by atoms with Crippen molar-refractivity contribution in [2.45, 2.75) is 30.2 Å². The van der Waals surface area contributed by atoms with E-state index in [1.165, 1.54) is 41.8 Å². The summed E-state index contributed by atoms with van der Waals surface area (Å²) in [5.41, 5.74) is 1.22. The Bertz CT molecular complexity index is 415. The first-order valence-corrected chi connectivity index (χ1v) is 6.28. The van der Waals surface area contributed by atoms with Gasteiger partial charge < -0.3 is 4.90 Å². The first-order chi connectivity index (χ1) is 7.34. The number of hydrogen-bond donors (Lipinski definition) is 0. The number of hydrogen-bond acceptors (Lipinski definition) is 3. The molecule has 0 spiro atoms. The Hall–Kier alpha value is -0.670. The summed E-state index contributed by atoms with van der Waals surface area (Å²) < 4.78 is 4.31. The van der Waals surface area contributed by atoms with Gasteiger partial charge >= 0.3 is 0 Å². The molecule has 0 N–H and O–H groups in total. The Balaban J connectivity index is 2.00. The molecular weight excluding hydrogens is 228 g/mol. The number of nitrogens with zero attached hydrogens (tertiary/aromatic N) is 2. The molecule has 3 rings (SSSR count). The average molecular weight is 239 g/mol. The zero-order valence-corrected chi connectivity index (χ0v) is 9.76. The monoisotopic (exact) mass is 238 g/mol. The standard InChI is InChI=1S/C11H11ClN2S/c12-8-4-5-11-10(6-8)14(7-13-15-11)9-2-1-3-9/h4-7,9H,1-3H2. The topological polar surface area (TPSA) is 15.6 Å². The van der Waals surface area contributed by atoms with Crippen molar-refractivity contribution in [2.75, 3.05) is 4.90 Å². The summed E-state index contributed by atoms with van der Waals surface area (Å²) in [6.07, 6.45) is 5.80. The second kappa shape index (κ2) is 3.72. The van der Waals surface area contributed by atoms with Gasteiger partial charge in [-0.05, 0) is 37.5 Å². The molecule has 1 fully saturated rings. The van der Waals surface area contributed by atoms with E-state index in [2.05, 4.69) is 9.30 Å². The van der Waals surface area contributed by atoms with E-state index in [0.29, 0.717) is 6.04 Å². The van der Waals surface area contributed by atoms with Crippen molar-refractivity contribution in [2.24, 2.45) is 4.40 Å². The molecular formula is C11H11ClN2S. The number of anilines is 1. The third kappa shape index (κ3) is 1.64. The third-order valence-corrected chi connectivity index (χ3v) is 3.97. The minimum atomic E-state index is 0.631. The minimum absolute atomic E-state index is 0.631. The summed E-state index contributed by atoms with van der Waals surface area (Å²) in [6, 6.07) is 6.64. The SMILES string of the molecule is Clc1ccc2c(c1)N(C1CCC1)C=NS2. The predicted octanol–water partition coefficient (Wildman–Crippen LogP) is 3.75. The summed E-state index contributed by atoms with van der Waals surface area (Å²) in [7, 11) is 0. The van der Waals surface area contributed by atoms with Gasteiger partial charge in [0.2, 0.25) is 0 Å². The average Bonchev–Trinajstić information content (AvgIpc) is 2.16. The van der Waals surface area contributed by atoms with Gasteiger partial charge in [0.25, 0.3) is 0 Å². The van der Waals surface area contributed by atoms with Crippen LogP contribution in [-0.2, 0) is 0 Å². The molecule has 0 unspecified atom stereocenters. The van der Waals surface area contributed by atoms with E-state index < -0.39 is 0 Å². The van der Waals surface area contributed by atoms with E-state index in [4.69, 9.17) is 11.6 Å². The first kappa shape index (κ1) is 9.55. The molecule has 0 bridgehead atoms. The van der Waals surface area contributed by atoms with Crippen molar-refractivity contribution in [3.63, 3.8) is 0 Å². The van der Waals surface area contributed by atoms with Gasteiger partial charge in [-0.1, -0.05) is 11.6 Å². The van der Waals surface area contributed by atoms with E-state index in [9.17, 15) is 0 Å². The van der Waals surface area contributed by atoms with Gasteiger partial charge in [-0.15, -0.1) is 0 Å². The lowest BCUT2D eigenvalue weighted by molar-refractivity contribution is 0.417. The molecule has 4 heteroatoms. The van der Waals surface area contributed by atoms with Crippen LogP contribution in [0, 0.1) is 0 Å². The lowest BCUT2D eigenvalue weighted by atomic mass is 9.91. The normalized spacial score (nSPS) is 19.9. The summed E-state index contributed by atoms with van der Waals surface area (Å²) in [5.74, 6) is 0. The highest BCUT2D eigenvalue weighted by atomic mass is 35.5. The van der Waals surface area contributed by atoms with Crippen LogP contribution >= 0.6 is 23.5 Å². The molecule has 1 saturated carbocycles. The highest BCUT2D eigenvalue weighted by Gasteiger charge is 2.27. The first-order valence-electron chi connectivity index (χ1n) is 5.13. The molecule has 1 aliphatic carbocycles. The van der Waals surface area contributed by atoms with Gasteiger partial charge in [0.1, 0.15) is 6.34 Å². The highest BCUT2D eigenvalue weighted by Crippen LogP contribution is 2.39. The van der Waals surface area contributed by atoms with Crippen LogP contribution in [0.2, 0.25) is 5.02 Å². The van der Waals surface area contributed by atoms with Crippen molar-refractivity contribution in [3.8, 4) is 0 Å². The van der Waals surface area contributed by atoms with Gasteiger partial charge in [-0.2, -0.15) is 0 Å². The van der Waals surface area contributed by atoms with E-state index in [1.807, 2.05) is 24.5 Å². The Labute approximate surface area is 98.5 Å². The van der Waals surface area contributed by atoms with Crippen molar-refractivity contribution < 1.29 is 0 Å². The van der Waals surface area contributed by atoms with Crippen molar-refractivity contribution >= 4 is 35.6 Å². The Kier molecular flexibility index (Phi) is 2.37. The van der Waals surface area contributed by atoms with E-state index in [-0.39, 0.29) is 0 Å². The van der Waals surface area contributed by atoms with Gasteiger partial charge in [0.15, 0.2) is 0 Å². The van der Waals surface area contributed by atoms with Crippen LogP contribution in [0.25, 0.3) is 0 Å². The fourth-order valence-corrected chi connectivity index (χ4v) is 2.73. The molecule has 1 heterocycles. The fourth-order valence-electron chi connectivity index (χ4n) is 1.92. The van der Waals surface area contributed by atoms with Crippen LogP contribution in [0.3, 0.4) is 0 Å². The Morgan fingerprint density at radius 2 is 2.27 bits per heavy atom. The van der Waals surface area contributed by atoms with E-state index in [0.717, 1.165) is 5.02 Å². The summed E-state index contributed by atoms with van der Waals surface area (Å²) in [6.45, 7) is 0.